The van der Waals surface area contributed by atoms with E-state index in [0.717, 1.165) is 5.01 Å². The minimum absolute atomic E-state index is 0.00850. The van der Waals surface area contributed by atoms with Gasteiger partial charge in [0.25, 0.3) is 5.91 Å². The summed E-state index contributed by atoms with van der Waals surface area (Å²) in [6, 6.07) is 15.1. The Hall–Kier alpha value is -2.86. The molecule has 7 heteroatoms. The molecule has 0 unspecified atom stereocenters. The van der Waals surface area contributed by atoms with Gasteiger partial charge in [-0.15, -0.1) is 0 Å². The van der Waals surface area contributed by atoms with Gasteiger partial charge in [0.15, 0.2) is 0 Å². The molecule has 0 bridgehead atoms. The highest BCUT2D eigenvalue weighted by atomic mass is 35.5. The molecule has 0 aromatic heterocycles. The largest absolute Gasteiger partial charge is 0.481 e. The maximum atomic E-state index is 12.8. The number of nitrogens with one attached hydrogen (secondary N) is 1. The summed E-state index contributed by atoms with van der Waals surface area (Å²) >= 11 is 6.08. The fraction of sp³-hybridized carbons (Fsp3) is 0.167. The van der Waals surface area contributed by atoms with Crippen molar-refractivity contribution < 1.29 is 19.5 Å². The first-order valence-corrected chi connectivity index (χ1v) is 8.02. The Kier molecular flexibility index (Phi) is 6.54. The molecule has 2 N–H and O–H groups in total. The van der Waals surface area contributed by atoms with Crippen molar-refractivity contribution in [2.45, 2.75) is 19.3 Å². The number of carboxylic acid groups (broad SMARTS) is 1. The average Bonchev–Trinajstić information content (AvgIpc) is 2.60. The molecule has 0 aliphatic rings. The Bertz CT molecular complexity index is 765. The third-order valence-corrected chi connectivity index (χ3v) is 3.68. The third-order valence-electron chi connectivity index (χ3n) is 3.35. The van der Waals surface area contributed by atoms with Crippen LogP contribution in [0.3, 0.4) is 0 Å². The Balaban J connectivity index is 2.20. The summed E-state index contributed by atoms with van der Waals surface area (Å²) in [4.78, 5) is 35.5. The normalized spacial score (nSPS) is 10.1. The fourth-order valence-corrected chi connectivity index (χ4v) is 2.36. The number of benzene rings is 2. The van der Waals surface area contributed by atoms with Gasteiger partial charge in [-0.25, -0.2) is 5.01 Å². The molecule has 0 spiro atoms. The minimum atomic E-state index is -0.972. The Morgan fingerprint density at radius 2 is 1.60 bits per heavy atom. The van der Waals surface area contributed by atoms with E-state index in [4.69, 9.17) is 16.7 Å². The van der Waals surface area contributed by atoms with E-state index in [1.165, 1.54) is 0 Å². The van der Waals surface area contributed by atoms with Crippen LogP contribution in [0.2, 0.25) is 5.02 Å². The van der Waals surface area contributed by atoms with E-state index in [-0.39, 0.29) is 29.8 Å². The molecule has 2 aromatic carbocycles. The van der Waals surface area contributed by atoms with Crippen LogP contribution >= 0.6 is 11.6 Å². The molecule has 2 amide bonds. The van der Waals surface area contributed by atoms with E-state index in [9.17, 15) is 14.4 Å². The maximum Gasteiger partial charge on any atom is 0.303 e. The molecule has 0 aliphatic heterocycles. The highest BCUT2D eigenvalue weighted by Gasteiger charge is 2.21. The van der Waals surface area contributed by atoms with Crippen LogP contribution in [-0.4, -0.2) is 22.9 Å². The summed E-state index contributed by atoms with van der Waals surface area (Å²) in [6.45, 7) is 0. The third kappa shape index (κ3) is 5.32. The predicted octanol–water partition coefficient (Wildman–Crippen LogP) is 3.27. The van der Waals surface area contributed by atoms with Gasteiger partial charge in [0, 0.05) is 12.8 Å². The summed E-state index contributed by atoms with van der Waals surface area (Å²) in [7, 11) is 0. The fourth-order valence-electron chi connectivity index (χ4n) is 2.15. The highest BCUT2D eigenvalue weighted by molar-refractivity contribution is 6.34. The van der Waals surface area contributed by atoms with Crippen molar-refractivity contribution >= 4 is 35.1 Å². The summed E-state index contributed by atoms with van der Waals surface area (Å²) in [6.07, 6.45) is 0.0622. The van der Waals surface area contributed by atoms with Crippen molar-refractivity contribution in [2.24, 2.45) is 0 Å². The average molecular weight is 361 g/mol. The van der Waals surface area contributed by atoms with Crippen LogP contribution in [0.25, 0.3) is 0 Å². The van der Waals surface area contributed by atoms with Gasteiger partial charge >= 0.3 is 5.97 Å². The van der Waals surface area contributed by atoms with Gasteiger partial charge in [-0.3, -0.25) is 19.8 Å². The summed E-state index contributed by atoms with van der Waals surface area (Å²) < 4.78 is 0. The Morgan fingerprint density at radius 3 is 2.24 bits per heavy atom. The van der Waals surface area contributed by atoms with Crippen LogP contribution in [0.15, 0.2) is 54.6 Å². The number of carboxylic acids is 1. The first-order chi connectivity index (χ1) is 12.0. The number of halogens is 1. The molecular formula is C18H17ClN2O4. The molecule has 0 radical (unpaired) electrons. The lowest BCUT2D eigenvalue weighted by molar-refractivity contribution is -0.137. The van der Waals surface area contributed by atoms with Crippen LogP contribution in [0.1, 0.15) is 29.6 Å². The monoisotopic (exact) mass is 360 g/mol. The SMILES string of the molecule is O=C(O)CCCC(=O)NN(C(=O)c1ccccc1Cl)c1ccccc1. The van der Waals surface area contributed by atoms with E-state index in [1.54, 1.807) is 54.6 Å². The number of amides is 2. The van der Waals surface area contributed by atoms with Crippen molar-refractivity contribution in [1.82, 2.24) is 5.43 Å². The topological polar surface area (TPSA) is 86.7 Å². The predicted molar refractivity (Wildman–Crippen MR) is 94.3 cm³/mol. The van der Waals surface area contributed by atoms with Crippen LogP contribution in [0.5, 0.6) is 0 Å². The van der Waals surface area contributed by atoms with E-state index in [1.807, 2.05) is 0 Å². The second-order valence-electron chi connectivity index (χ2n) is 5.24. The lowest BCUT2D eigenvalue weighted by Crippen LogP contribution is -2.46. The second kappa shape index (κ2) is 8.84. The van der Waals surface area contributed by atoms with E-state index in [0.29, 0.717) is 5.69 Å². The van der Waals surface area contributed by atoms with E-state index in [2.05, 4.69) is 5.43 Å². The minimum Gasteiger partial charge on any atom is -0.481 e. The Morgan fingerprint density at radius 1 is 0.960 bits per heavy atom. The van der Waals surface area contributed by atoms with Gasteiger partial charge in [-0.2, -0.15) is 0 Å². The number of carbonyl (C=O) groups excluding carboxylic acids is 2. The number of anilines is 1. The van der Waals surface area contributed by atoms with Crippen molar-refractivity contribution in [1.29, 1.82) is 0 Å². The molecule has 25 heavy (non-hydrogen) atoms. The zero-order chi connectivity index (χ0) is 18.2. The lowest BCUT2D eigenvalue weighted by Gasteiger charge is -2.24. The summed E-state index contributed by atoms with van der Waals surface area (Å²) in [5.41, 5.74) is 3.25. The molecule has 2 rings (SSSR count). The van der Waals surface area contributed by atoms with Crippen LogP contribution in [0, 0.1) is 0 Å². The first-order valence-electron chi connectivity index (χ1n) is 7.64. The molecule has 2 aromatic rings. The van der Waals surface area contributed by atoms with Gasteiger partial charge in [0.2, 0.25) is 5.91 Å². The molecule has 0 aliphatic carbocycles. The molecular weight excluding hydrogens is 344 g/mol. The van der Waals surface area contributed by atoms with Gasteiger partial charge in [0.1, 0.15) is 0 Å². The Labute approximate surface area is 150 Å². The maximum absolute atomic E-state index is 12.8. The number of aliphatic carboxylic acids is 1. The highest BCUT2D eigenvalue weighted by Crippen LogP contribution is 2.20. The zero-order valence-electron chi connectivity index (χ0n) is 13.3. The summed E-state index contributed by atoms with van der Waals surface area (Å²) in [5, 5.41) is 10.0. The van der Waals surface area contributed by atoms with Crippen LogP contribution in [0.4, 0.5) is 5.69 Å². The molecule has 0 atom stereocenters. The first kappa shape index (κ1) is 18.5. The van der Waals surface area contributed by atoms with Crippen molar-refractivity contribution in [3.63, 3.8) is 0 Å². The van der Waals surface area contributed by atoms with Crippen molar-refractivity contribution in [2.75, 3.05) is 5.01 Å². The van der Waals surface area contributed by atoms with E-state index >= 15 is 0 Å². The lowest BCUT2D eigenvalue weighted by atomic mass is 10.2. The molecule has 0 saturated heterocycles. The summed E-state index contributed by atoms with van der Waals surface area (Å²) in [5.74, 6) is -1.91. The van der Waals surface area contributed by atoms with Crippen LogP contribution < -0.4 is 10.4 Å². The second-order valence-corrected chi connectivity index (χ2v) is 5.65. The quantitative estimate of drug-likeness (QED) is 0.774. The number of carbonyl (C=O) groups is 3. The molecule has 130 valence electrons. The molecule has 6 nitrogen and oxygen atoms in total. The van der Waals surface area contributed by atoms with Gasteiger partial charge < -0.3 is 5.11 Å². The van der Waals surface area contributed by atoms with E-state index < -0.39 is 17.8 Å². The number of hydrazine groups is 1. The smallest absolute Gasteiger partial charge is 0.303 e. The number of nitrogens with zero attached hydrogens (tertiary/aromatic N) is 1. The molecule has 0 heterocycles. The van der Waals surface area contributed by atoms with Gasteiger partial charge in [0.05, 0.1) is 16.3 Å². The van der Waals surface area contributed by atoms with Gasteiger partial charge in [-0.1, -0.05) is 41.9 Å². The molecule has 0 fully saturated rings. The van der Waals surface area contributed by atoms with Crippen LogP contribution in [-0.2, 0) is 9.59 Å². The standard InChI is InChI=1S/C18H17ClN2O4/c19-15-10-5-4-9-14(15)18(25)21(13-7-2-1-3-8-13)20-16(22)11-6-12-17(23)24/h1-5,7-10H,6,11-12H2,(H,20,22)(H,23,24). The van der Waals surface area contributed by atoms with Gasteiger partial charge in [-0.05, 0) is 30.7 Å². The zero-order valence-corrected chi connectivity index (χ0v) is 14.1. The number of hydrogen-bond donors (Lipinski definition) is 2. The number of hydrogen-bond acceptors (Lipinski definition) is 3. The number of rotatable bonds is 6. The van der Waals surface area contributed by atoms with Crippen molar-refractivity contribution in [3.8, 4) is 0 Å². The molecule has 0 saturated carbocycles. The van der Waals surface area contributed by atoms with Crippen molar-refractivity contribution in [3.05, 3.63) is 65.2 Å². The number of para-hydroxylation sites is 1.